The number of hydrogen-bond acceptors (Lipinski definition) is 3. The number of carbonyl (C=O) groups excluding carboxylic acids is 2. The van der Waals surface area contributed by atoms with Gasteiger partial charge in [0.2, 0.25) is 11.8 Å². The van der Waals surface area contributed by atoms with Crippen LogP contribution < -0.4 is 0 Å². The van der Waals surface area contributed by atoms with Crippen LogP contribution in [0.2, 0.25) is 0 Å². The van der Waals surface area contributed by atoms with Crippen molar-refractivity contribution in [1.82, 2.24) is 4.90 Å². The molecule has 0 aromatic rings. The van der Waals surface area contributed by atoms with Gasteiger partial charge in [-0.1, -0.05) is 6.42 Å². The minimum absolute atomic E-state index is 0.0543. The van der Waals surface area contributed by atoms with Crippen molar-refractivity contribution in [3.05, 3.63) is 0 Å². The summed E-state index contributed by atoms with van der Waals surface area (Å²) in [5.74, 6) is -1.26. The third-order valence-electron chi connectivity index (χ3n) is 5.32. The lowest BCUT2D eigenvalue weighted by atomic mass is 9.82. The molecule has 3 aliphatic rings. The quantitative estimate of drug-likeness (QED) is 0.766. The van der Waals surface area contributed by atoms with Crippen LogP contribution in [0, 0.1) is 17.3 Å². The number of nitrogens with zero attached hydrogens (tertiary/aromatic N) is 1. The van der Waals surface area contributed by atoms with Crippen LogP contribution in [-0.2, 0) is 14.4 Å². The van der Waals surface area contributed by atoms with Gasteiger partial charge in [-0.25, -0.2) is 0 Å². The van der Waals surface area contributed by atoms with Crippen LogP contribution in [0.3, 0.4) is 0 Å². The Balaban J connectivity index is 1.95. The first-order valence-corrected chi connectivity index (χ1v) is 7.05. The highest BCUT2D eigenvalue weighted by atomic mass is 16.4. The first-order chi connectivity index (χ1) is 8.95. The maximum absolute atomic E-state index is 12.4. The van der Waals surface area contributed by atoms with Crippen LogP contribution in [-0.4, -0.2) is 33.8 Å². The summed E-state index contributed by atoms with van der Waals surface area (Å²) in [6.45, 7) is 1.67. The number of aliphatic carboxylic acids is 1. The second-order valence-corrected chi connectivity index (χ2v) is 6.38. The van der Waals surface area contributed by atoms with Crippen molar-refractivity contribution >= 4 is 17.8 Å². The number of hydrogen-bond donors (Lipinski definition) is 1. The molecule has 3 rings (SSSR count). The third kappa shape index (κ3) is 1.63. The van der Waals surface area contributed by atoms with Gasteiger partial charge in [0.1, 0.15) is 0 Å². The fraction of sp³-hybridized carbons (Fsp3) is 0.786. The third-order valence-corrected chi connectivity index (χ3v) is 5.32. The summed E-state index contributed by atoms with van der Waals surface area (Å²) in [6.07, 6.45) is 4.16. The van der Waals surface area contributed by atoms with E-state index in [2.05, 4.69) is 0 Å². The van der Waals surface area contributed by atoms with E-state index in [4.69, 9.17) is 0 Å². The number of carboxylic acid groups (broad SMARTS) is 1. The molecule has 1 saturated heterocycles. The fourth-order valence-electron chi connectivity index (χ4n) is 4.05. The van der Waals surface area contributed by atoms with Gasteiger partial charge < -0.3 is 5.11 Å². The van der Waals surface area contributed by atoms with Crippen LogP contribution in [0.25, 0.3) is 0 Å². The number of carbonyl (C=O) groups is 3. The molecule has 0 radical (unpaired) electrons. The van der Waals surface area contributed by atoms with E-state index >= 15 is 0 Å². The molecule has 2 saturated carbocycles. The number of likely N-dealkylation sites (tertiary alicyclic amines) is 1. The number of carboxylic acids is 1. The minimum atomic E-state index is -0.970. The molecule has 104 valence electrons. The van der Waals surface area contributed by atoms with E-state index in [0.29, 0.717) is 19.3 Å². The molecule has 4 atom stereocenters. The predicted octanol–water partition coefficient (Wildman–Crippen LogP) is 1.41. The van der Waals surface area contributed by atoms with Gasteiger partial charge in [0.15, 0.2) is 0 Å². The Bertz CT molecular complexity index is 438. The van der Waals surface area contributed by atoms with Gasteiger partial charge in [-0.2, -0.15) is 0 Å². The van der Waals surface area contributed by atoms with E-state index < -0.39 is 17.4 Å². The highest BCUT2D eigenvalue weighted by Crippen LogP contribution is 2.46. The summed E-state index contributed by atoms with van der Waals surface area (Å²) in [7, 11) is 0. The number of amides is 2. The summed E-state index contributed by atoms with van der Waals surface area (Å²) in [5.41, 5.74) is -0.970. The van der Waals surface area contributed by atoms with Crippen molar-refractivity contribution in [3.8, 4) is 0 Å². The van der Waals surface area contributed by atoms with Gasteiger partial charge in [-0.15, -0.1) is 0 Å². The molecule has 2 amide bonds. The van der Waals surface area contributed by atoms with Crippen molar-refractivity contribution in [2.45, 2.75) is 51.5 Å². The smallest absolute Gasteiger partial charge is 0.311 e. The Hall–Kier alpha value is -1.39. The molecule has 5 heteroatoms. The van der Waals surface area contributed by atoms with Gasteiger partial charge >= 0.3 is 5.97 Å². The standard InChI is InChI=1S/C14H19NO4/c1-14(13(18)19)6-2-3-10(14)15-11(16)8-4-5-9(7-8)12(15)17/h8-10H,2-7H2,1H3,(H,18,19). The van der Waals surface area contributed by atoms with Crippen molar-refractivity contribution < 1.29 is 19.5 Å². The lowest BCUT2D eigenvalue weighted by Crippen LogP contribution is -2.56. The molecule has 2 aliphatic carbocycles. The Morgan fingerprint density at radius 3 is 2.32 bits per heavy atom. The van der Waals surface area contributed by atoms with E-state index in [-0.39, 0.29) is 23.7 Å². The van der Waals surface area contributed by atoms with Crippen molar-refractivity contribution in [3.63, 3.8) is 0 Å². The predicted molar refractivity (Wildman–Crippen MR) is 66.1 cm³/mol. The Morgan fingerprint density at radius 2 is 1.79 bits per heavy atom. The van der Waals surface area contributed by atoms with Gasteiger partial charge in [0, 0.05) is 11.8 Å². The molecule has 2 bridgehead atoms. The van der Waals surface area contributed by atoms with E-state index in [9.17, 15) is 19.5 Å². The molecular formula is C14H19NO4. The molecule has 1 N–H and O–H groups in total. The molecule has 0 aromatic carbocycles. The van der Waals surface area contributed by atoms with Crippen LogP contribution in [0.1, 0.15) is 45.4 Å². The summed E-state index contributed by atoms with van der Waals surface area (Å²) in [5, 5.41) is 9.44. The van der Waals surface area contributed by atoms with Gasteiger partial charge in [-0.3, -0.25) is 19.3 Å². The molecular weight excluding hydrogens is 246 g/mol. The average molecular weight is 265 g/mol. The number of rotatable bonds is 2. The van der Waals surface area contributed by atoms with Gasteiger partial charge in [0.25, 0.3) is 0 Å². The zero-order valence-corrected chi connectivity index (χ0v) is 11.1. The Labute approximate surface area is 112 Å². The van der Waals surface area contributed by atoms with E-state index in [0.717, 1.165) is 19.3 Å². The number of piperidine rings is 1. The maximum atomic E-state index is 12.4. The van der Waals surface area contributed by atoms with Crippen LogP contribution in [0.5, 0.6) is 0 Å². The van der Waals surface area contributed by atoms with E-state index in [1.165, 1.54) is 4.90 Å². The molecule has 3 fully saturated rings. The molecule has 0 spiro atoms. The van der Waals surface area contributed by atoms with Gasteiger partial charge in [-0.05, 0) is 39.0 Å². The average Bonchev–Trinajstić information content (AvgIpc) is 2.95. The van der Waals surface area contributed by atoms with E-state index in [1.807, 2.05) is 0 Å². The molecule has 5 nitrogen and oxygen atoms in total. The number of fused-ring (bicyclic) bond motifs is 2. The zero-order chi connectivity index (χ0) is 13.8. The zero-order valence-electron chi connectivity index (χ0n) is 11.1. The van der Waals surface area contributed by atoms with Crippen molar-refractivity contribution in [2.75, 3.05) is 0 Å². The van der Waals surface area contributed by atoms with Crippen molar-refractivity contribution in [2.24, 2.45) is 17.3 Å². The van der Waals surface area contributed by atoms with Crippen LogP contribution >= 0.6 is 0 Å². The monoisotopic (exact) mass is 265 g/mol. The summed E-state index contributed by atoms with van der Waals surface area (Å²) in [4.78, 5) is 37.7. The highest BCUT2D eigenvalue weighted by molar-refractivity contribution is 6.01. The topological polar surface area (TPSA) is 74.7 Å². The molecule has 1 aliphatic heterocycles. The fourth-order valence-corrected chi connectivity index (χ4v) is 4.05. The summed E-state index contributed by atoms with van der Waals surface area (Å²) < 4.78 is 0. The first-order valence-electron chi connectivity index (χ1n) is 7.05. The van der Waals surface area contributed by atoms with Crippen molar-refractivity contribution in [1.29, 1.82) is 0 Å². The molecule has 0 aromatic heterocycles. The Kier molecular flexibility index (Phi) is 2.69. The first kappa shape index (κ1) is 12.6. The van der Waals surface area contributed by atoms with Crippen LogP contribution in [0.15, 0.2) is 0 Å². The lowest BCUT2D eigenvalue weighted by Gasteiger charge is -2.39. The van der Waals surface area contributed by atoms with E-state index in [1.54, 1.807) is 6.92 Å². The second-order valence-electron chi connectivity index (χ2n) is 6.38. The summed E-state index contributed by atoms with van der Waals surface area (Å²) >= 11 is 0. The largest absolute Gasteiger partial charge is 0.481 e. The minimum Gasteiger partial charge on any atom is -0.481 e. The number of imide groups is 1. The molecule has 19 heavy (non-hydrogen) atoms. The summed E-state index contributed by atoms with van der Waals surface area (Å²) in [6, 6.07) is -0.451. The normalized spacial score (nSPS) is 41.9. The SMILES string of the molecule is CC1(C(=O)O)CCCC1N1C(=O)C2CCC(C2)C1=O. The second kappa shape index (κ2) is 4.05. The molecule has 4 unspecified atom stereocenters. The lowest BCUT2D eigenvalue weighted by molar-refractivity contribution is -0.163. The van der Waals surface area contributed by atoms with Gasteiger partial charge in [0.05, 0.1) is 11.5 Å². The van der Waals surface area contributed by atoms with Crippen LogP contribution in [0.4, 0.5) is 0 Å². The highest BCUT2D eigenvalue weighted by Gasteiger charge is 2.55. The molecule has 1 heterocycles. The maximum Gasteiger partial charge on any atom is 0.311 e. The Morgan fingerprint density at radius 1 is 1.21 bits per heavy atom.